The quantitative estimate of drug-likeness (QED) is 0.748. The molecule has 0 aliphatic rings. The molecule has 0 fully saturated rings. The summed E-state index contributed by atoms with van der Waals surface area (Å²) in [4.78, 5) is 23.4. The smallest absolute Gasteiger partial charge is 0.313 e. The molecule has 1 rings (SSSR count). The Morgan fingerprint density at radius 1 is 1.10 bits per heavy atom. The van der Waals surface area contributed by atoms with Crippen LogP contribution in [0.15, 0.2) is 24.3 Å². The second-order valence-electron chi connectivity index (χ2n) is 4.56. The van der Waals surface area contributed by atoms with Gasteiger partial charge < -0.3 is 14.2 Å². The molecule has 110 valence electrons. The highest BCUT2D eigenvalue weighted by Gasteiger charge is 2.28. The first kappa shape index (κ1) is 16.0. The van der Waals surface area contributed by atoms with Crippen LogP contribution in [0.4, 0.5) is 0 Å². The summed E-state index contributed by atoms with van der Waals surface area (Å²) in [5, 5.41) is 0. The fourth-order valence-corrected chi connectivity index (χ4v) is 1.84. The van der Waals surface area contributed by atoms with E-state index in [2.05, 4.69) is 4.74 Å². The maximum Gasteiger partial charge on any atom is 0.313 e. The molecule has 0 saturated carbocycles. The van der Waals surface area contributed by atoms with E-state index in [0.29, 0.717) is 11.3 Å². The Labute approximate surface area is 118 Å². The van der Waals surface area contributed by atoms with Gasteiger partial charge in [-0.15, -0.1) is 0 Å². The lowest BCUT2D eigenvalue weighted by molar-refractivity contribution is -0.149. The third kappa shape index (κ3) is 4.26. The second kappa shape index (κ2) is 7.53. The van der Waals surface area contributed by atoms with E-state index in [-0.39, 0.29) is 12.5 Å². The van der Waals surface area contributed by atoms with Crippen LogP contribution in [0.5, 0.6) is 5.75 Å². The number of rotatable bonds is 6. The predicted octanol–water partition coefficient (Wildman–Crippen LogP) is 2.29. The molecule has 20 heavy (non-hydrogen) atoms. The summed E-state index contributed by atoms with van der Waals surface area (Å²) in [6.07, 6.45) is -0.116. The van der Waals surface area contributed by atoms with Gasteiger partial charge in [0.25, 0.3) is 0 Å². The number of benzene rings is 1. The van der Waals surface area contributed by atoms with Crippen LogP contribution in [0, 0.1) is 0 Å². The van der Waals surface area contributed by atoms with Gasteiger partial charge in [-0.05, 0) is 19.9 Å². The minimum atomic E-state index is -0.734. The molecule has 1 atom stereocenters. The van der Waals surface area contributed by atoms with E-state index in [1.807, 2.05) is 19.9 Å². The van der Waals surface area contributed by atoms with Crippen molar-refractivity contribution in [2.75, 3.05) is 14.2 Å². The minimum Gasteiger partial charge on any atom is -0.491 e. The van der Waals surface area contributed by atoms with Crippen LogP contribution in [0.25, 0.3) is 0 Å². The highest BCUT2D eigenvalue weighted by Crippen LogP contribution is 2.31. The maximum absolute atomic E-state index is 11.9. The first-order chi connectivity index (χ1) is 9.49. The first-order valence-corrected chi connectivity index (χ1v) is 6.39. The van der Waals surface area contributed by atoms with Gasteiger partial charge in [-0.25, -0.2) is 0 Å². The Kier molecular flexibility index (Phi) is 6.03. The van der Waals surface area contributed by atoms with E-state index >= 15 is 0 Å². The summed E-state index contributed by atoms with van der Waals surface area (Å²) < 4.78 is 15.1. The van der Waals surface area contributed by atoms with Gasteiger partial charge in [0.1, 0.15) is 5.75 Å². The molecule has 0 spiro atoms. The highest BCUT2D eigenvalue weighted by molar-refractivity contribution is 5.85. The van der Waals surface area contributed by atoms with Crippen molar-refractivity contribution in [3.8, 4) is 5.75 Å². The van der Waals surface area contributed by atoms with Gasteiger partial charge in [0.2, 0.25) is 0 Å². The van der Waals surface area contributed by atoms with Crippen LogP contribution in [0.2, 0.25) is 0 Å². The highest BCUT2D eigenvalue weighted by atomic mass is 16.5. The molecule has 1 aromatic rings. The van der Waals surface area contributed by atoms with Gasteiger partial charge in [0, 0.05) is 5.56 Å². The summed E-state index contributed by atoms with van der Waals surface area (Å²) in [5.41, 5.74) is 0.624. The second-order valence-corrected chi connectivity index (χ2v) is 4.56. The minimum absolute atomic E-state index is 0.0347. The molecule has 0 aromatic heterocycles. The van der Waals surface area contributed by atoms with Gasteiger partial charge in [-0.1, -0.05) is 18.2 Å². The lowest BCUT2D eigenvalue weighted by Gasteiger charge is -2.19. The number of para-hydroxylation sites is 1. The normalized spacial score (nSPS) is 11.8. The molecule has 5 nitrogen and oxygen atoms in total. The molecule has 1 unspecified atom stereocenters. The van der Waals surface area contributed by atoms with Crippen molar-refractivity contribution in [2.24, 2.45) is 0 Å². The molecule has 0 radical (unpaired) electrons. The number of hydrogen-bond donors (Lipinski definition) is 0. The number of esters is 2. The predicted molar refractivity (Wildman–Crippen MR) is 73.6 cm³/mol. The maximum atomic E-state index is 11.9. The van der Waals surface area contributed by atoms with Gasteiger partial charge in [0.05, 0.1) is 32.7 Å². The van der Waals surface area contributed by atoms with Crippen LogP contribution >= 0.6 is 0 Å². The van der Waals surface area contributed by atoms with Crippen LogP contribution in [0.1, 0.15) is 31.7 Å². The van der Waals surface area contributed by atoms with Crippen molar-refractivity contribution >= 4 is 11.9 Å². The van der Waals surface area contributed by atoms with Crippen molar-refractivity contribution in [1.29, 1.82) is 0 Å². The summed E-state index contributed by atoms with van der Waals surface area (Å²) in [7, 11) is 2.58. The Morgan fingerprint density at radius 3 is 2.30 bits per heavy atom. The Bertz CT molecular complexity index is 467. The summed E-state index contributed by atoms with van der Waals surface area (Å²) >= 11 is 0. The largest absolute Gasteiger partial charge is 0.491 e. The Morgan fingerprint density at radius 2 is 1.75 bits per heavy atom. The molecule has 0 aliphatic carbocycles. The summed E-state index contributed by atoms with van der Waals surface area (Å²) in [6, 6.07) is 7.12. The monoisotopic (exact) mass is 280 g/mol. The van der Waals surface area contributed by atoms with Gasteiger partial charge >= 0.3 is 11.9 Å². The molecule has 0 aliphatic heterocycles. The van der Waals surface area contributed by atoms with Gasteiger partial charge in [-0.3, -0.25) is 9.59 Å². The number of carbonyl (C=O) groups is 2. The fourth-order valence-electron chi connectivity index (χ4n) is 1.84. The molecule has 1 aromatic carbocycles. The van der Waals surface area contributed by atoms with Crippen molar-refractivity contribution in [3.63, 3.8) is 0 Å². The van der Waals surface area contributed by atoms with Crippen molar-refractivity contribution < 1.29 is 23.8 Å². The van der Waals surface area contributed by atoms with Gasteiger partial charge in [0.15, 0.2) is 0 Å². The average molecular weight is 280 g/mol. The number of methoxy groups -OCH3 is 2. The molecular weight excluding hydrogens is 260 g/mol. The van der Waals surface area contributed by atoms with E-state index in [4.69, 9.17) is 9.47 Å². The lowest BCUT2D eigenvalue weighted by Crippen LogP contribution is -2.20. The molecule has 0 heterocycles. The molecule has 0 N–H and O–H groups in total. The van der Waals surface area contributed by atoms with E-state index in [0.717, 1.165) is 0 Å². The molecular formula is C15H20O5. The Balaban J connectivity index is 3.12. The fraction of sp³-hybridized carbons (Fsp3) is 0.467. The SMILES string of the molecule is COC(=O)CC(C(=O)OC)c1ccccc1OC(C)C. The van der Waals surface area contributed by atoms with Crippen LogP contribution in [-0.4, -0.2) is 32.3 Å². The number of hydrogen-bond acceptors (Lipinski definition) is 5. The van der Waals surface area contributed by atoms with Crippen LogP contribution in [0.3, 0.4) is 0 Å². The van der Waals surface area contributed by atoms with E-state index in [1.54, 1.807) is 18.2 Å². The molecule has 0 amide bonds. The summed E-state index contributed by atoms with van der Waals surface area (Å²) in [5.74, 6) is -1.13. The molecule has 0 bridgehead atoms. The van der Waals surface area contributed by atoms with Crippen molar-refractivity contribution in [1.82, 2.24) is 0 Å². The molecule has 5 heteroatoms. The van der Waals surface area contributed by atoms with E-state index < -0.39 is 17.9 Å². The van der Waals surface area contributed by atoms with Crippen LogP contribution < -0.4 is 4.74 Å². The van der Waals surface area contributed by atoms with Crippen molar-refractivity contribution in [2.45, 2.75) is 32.3 Å². The zero-order chi connectivity index (χ0) is 15.1. The lowest BCUT2D eigenvalue weighted by atomic mass is 9.95. The Hall–Kier alpha value is -2.04. The third-order valence-electron chi connectivity index (χ3n) is 2.74. The zero-order valence-electron chi connectivity index (χ0n) is 12.2. The summed E-state index contributed by atoms with van der Waals surface area (Å²) in [6.45, 7) is 3.79. The van der Waals surface area contributed by atoms with Gasteiger partial charge in [-0.2, -0.15) is 0 Å². The van der Waals surface area contributed by atoms with Crippen molar-refractivity contribution in [3.05, 3.63) is 29.8 Å². The van der Waals surface area contributed by atoms with E-state index in [1.165, 1.54) is 14.2 Å². The topological polar surface area (TPSA) is 61.8 Å². The average Bonchev–Trinajstić information content (AvgIpc) is 2.44. The number of ether oxygens (including phenoxy) is 3. The number of carbonyl (C=O) groups excluding carboxylic acids is 2. The third-order valence-corrected chi connectivity index (χ3v) is 2.74. The zero-order valence-corrected chi connectivity index (χ0v) is 12.2. The van der Waals surface area contributed by atoms with E-state index in [9.17, 15) is 9.59 Å². The molecule has 0 saturated heterocycles. The standard InChI is InChI=1S/C15H20O5/c1-10(2)20-13-8-6-5-7-11(13)12(15(17)19-4)9-14(16)18-3/h5-8,10,12H,9H2,1-4H3. The first-order valence-electron chi connectivity index (χ1n) is 6.39. The van der Waals surface area contributed by atoms with Crippen LogP contribution in [-0.2, 0) is 19.1 Å².